The molecule has 2 aromatic carbocycles. The number of anilines is 1. The molecule has 2 aromatic rings. The Balaban J connectivity index is 2.43. The number of halogens is 2. The van der Waals surface area contributed by atoms with Gasteiger partial charge in [0, 0.05) is 6.07 Å². The molecule has 5 nitrogen and oxygen atoms in total. The van der Waals surface area contributed by atoms with Crippen molar-refractivity contribution in [3.8, 4) is 11.5 Å². The summed E-state index contributed by atoms with van der Waals surface area (Å²) in [6, 6.07) is 8.96. The van der Waals surface area contributed by atoms with Crippen LogP contribution in [0, 0.1) is 0 Å². The second-order valence-electron chi connectivity index (χ2n) is 4.22. The fourth-order valence-corrected chi connectivity index (χ4v) is 3.49. The van der Waals surface area contributed by atoms with Gasteiger partial charge < -0.3 is 9.47 Å². The fraction of sp³-hybridized carbons (Fsp3) is 0.143. The van der Waals surface area contributed by atoms with Crippen molar-refractivity contribution in [1.29, 1.82) is 0 Å². The molecule has 0 spiro atoms. The van der Waals surface area contributed by atoms with Gasteiger partial charge in [-0.2, -0.15) is 0 Å². The molecule has 118 valence electrons. The smallest absolute Gasteiger partial charge is 0.262 e. The molecule has 22 heavy (non-hydrogen) atoms. The molecule has 8 heteroatoms. The lowest BCUT2D eigenvalue weighted by Gasteiger charge is -2.13. The van der Waals surface area contributed by atoms with Gasteiger partial charge in [-0.1, -0.05) is 29.3 Å². The van der Waals surface area contributed by atoms with Crippen LogP contribution in [0.2, 0.25) is 10.0 Å². The van der Waals surface area contributed by atoms with Crippen LogP contribution in [0.5, 0.6) is 11.5 Å². The van der Waals surface area contributed by atoms with Gasteiger partial charge in [0.2, 0.25) is 0 Å². The van der Waals surface area contributed by atoms with Gasteiger partial charge in [-0.15, -0.1) is 0 Å². The lowest BCUT2D eigenvalue weighted by Crippen LogP contribution is -2.13. The molecular formula is C14H13Cl2NO4S. The fourth-order valence-electron chi connectivity index (χ4n) is 1.77. The molecule has 0 saturated carbocycles. The molecule has 0 radical (unpaired) electrons. The number of hydrogen-bond acceptors (Lipinski definition) is 4. The van der Waals surface area contributed by atoms with Gasteiger partial charge in [0.05, 0.1) is 34.8 Å². The minimum Gasteiger partial charge on any atom is -0.493 e. The Morgan fingerprint density at radius 1 is 0.955 bits per heavy atom. The van der Waals surface area contributed by atoms with Gasteiger partial charge in [-0.05, 0) is 24.3 Å². The first-order chi connectivity index (χ1) is 10.4. The van der Waals surface area contributed by atoms with Crippen LogP contribution >= 0.6 is 23.2 Å². The number of benzene rings is 2. The van der Waals surface area contributed by atoms with Gasteiger partial charge in [-0.25, -0.2) is 8.42 Å². The van der Waals surface area contributed by atoms with Gasteiger partial charge in [0.25, 0.3) is 10.0 Å². The average Bonchev–Trinajstić information content (AvgIpc) is 2.50. The molecule has 0 aromatic heterocycles. The van der Waals surface area contributed by atoms with Crippen molar-refractivity contribution in [3.05, 3.63) is 46.4 Å². The highest BCUT2D eigenvalue weighted by atomic mass is 35.5. The maximum absolute atomic E-state index is 12.4. The highest BCUT2D eigenvalue weighted by Gasteiger charge is 2.19. The van der Waals surface area contributed by atoms with E-state index in [2.05, 4.69) is 4.72 Å². The molecule has 0 amide bonds. The SMILES string of the molecule is COc1ccc(S(=O)(=O)Nc2c(Cl)cccc2Cl)cc1OC. The zero-order valence-electron chi connectivity index (χ0n) is 11.8. The Morgan fingerprint density at radius 3 is 2.09 bits per heavy atom. The summed E-state index contributed by atoms with van der Waals surface area (Å²) in [4.78, 5) is 0.00105. The van der Waals surface area contributed by atoms with Crippen LogP contribution in [-0.2, 0) is 10.0 Å². The van der Waals surface area contributed by atoms with Gasteiger partial charge in [0.15, 0.2) is 11.5 Å². The zero-order chi connectivity index (χ0) is 16.3. The van der Waals surface area contributed by atoms with E-state index in [4.69, 9.17) is 32.7 Å². The van der Waals surface area contributed by atoms with Crippen LogP contribution < -0.4 is 14.2 Å². The first-order valence-corrected chi connectivity index (χ1v) is 8.32. The molecule has 0 bridgehead atoms. The molecular weight excluding hydrogens is 349 g/mol. The van der Waals surface area contributed by atoms with E-state index in [0.29, 0.717) is 11.5 Å². The van der Waals surface area contributed by atoms with Crippen LogP contribution in [0.3, 0.4) is 0 Å². The number of ether oxygens (including phenoxy) is 2. The summed E-state index contributed by atoms with van der Waals surface area (Å²) in [7, 11) is -0.981. The molecule has 0 heterocycles. The van der Waals surface area contributed by atoms with E-state index in [9.17, 15) is 8.42 Å². The lowest BCUT2D eigenvalue weighted by molar-refractivity contribution is 0.354. The minimum absolute atomic E-state index is 0.00105. The van der Waals surface area contributed by atoms with Gasteiger partial charge in [0.1, 0.15) is 0 Å². The molecule has 0 aliphatic carbocycles. The molecule has 1 N–H and O–H groups in total. The molecule has 2 rings (SSSR count). The van der Waals surface area contributed by atoms with Crippen molar-refractivity contribution >= 4 is 38.9 Å². The van der Waals surface area contributed by atoms with E-state index in [0.717, 1.165) is 0 Å². The predicted molar refractivity (Wildman–Crippen MR) is 86.8 cm³/mol. The summed E-state index contributed by atoms with van der Waals surface area (Å²) in [6.07, 6.45) is 0. The third-order valence-electron chi connectivity index (χ3n) is 2.86. The van der Waals surface area contributed by atoms with Crippen LogP contribution in [0.25, 0.3) is 0 Å². The Hall–Kier alpha value is -1.63. The molecule has 0 aliphatic rings. The van der Waals surface area contributed by atoms with Crippen molar-refractivity contribution in [2.75, 3.05) is 18.9 Å². The van der Waals surface area contributed by atoms with Gasteiger partial charge in [-0.3, -0.25) is 4.72 Å². The van der Waals surface area contributed by atoms with E-state index in [1.54, 1.807) is 18.2 Å². The highest BCUT2D eigenvalue weighted by Crippen LogP contribution is 2.34. The van der Waals surface area contributed by atoms with Crippen molar-refractivity contribution in [2.24, 2.45) is 0 Å². The van der Waals surface area contributed by atoms with Crippen molar-refractivity contribution in [1.82, 2.24) is 0 Å². The second kappa shape index (κ2) is 6.64. The standard InChI is InChI=1S/C14H13Cl2NO4S/c1-20-12-7-6-9(8-13(12)21-2)22(18,19)17-14-10(15)4-3-5-11(14)16/h3-8,17H,1-2H3. The summed E-state index contributed by atoms with van der Waals surface area (Å²) >= 11 is 11.9. The lowest BCUT2D eigenvalue weighted by atomic mass is 10.3. The average molecular weight is 362 g/mol. The predicted octanol–water partition coefficient (Wildman–Crippen LogP) is 3.81. The first kappa shape index (κ1) is 16.7. The number of nitrogens with one attached hydrogen (secondary N) is 1. The molecule has 0 aliphatic heterocycles. The molecule has 0 fully saturated rings. The Morgan fingerprint density at radius 2 is 1.55 bits per heavy atom. The summed E-state index contributed by atoms with van der Waals surface area (Å²) in [6.45, 7) is 0. The maximum Gasteiger partial charge on any atom is 0.262 e. The Labute approximate surface area is 138 Å². The van der Waals surface area contributed by atoms with E-state index in [-0.39, 0.29) is 20.6 Å². The quantitative estimate of drug-likeness (QED) is 0.879. The summed E-state index contributed by atoms with van der Waals surface area (Å²) in [5, 5.41) is 0.410. The summed E-state index contributed by atoms with van der Waals surface area (Å²) < 4.78 is 37.4. The van der Waals surface area contributed by atoms with E-state index < -0.39 is 10.0 Å². The molecule has 0 unspecified atom stereocenters. The summed E-state index contributed by atoms with van der Waals surface area (Å²) in [5.74, 6) is 0.729. The minimum atomic E-state index is -3.87. The number of methoxy groups -OCH3 is 2. The second-order valence-corrected chi connectivity index (χ2v) is 6.72. The highest BCUT2D eigenvalue weighted by molar-refractivity contribution is 7.92. The van der Waals surface area contributed by atoms with Crippen LogP contribution in [-0.4, -0.2) is 22.6 Å². The number of rotatable bonds is 5. The Bertz CT molecular complexity index is 773. The molecule has 0 saturated heterocycles. The Kier molecular flexibility index (Phi) is 5.05. The van der Waals surface area contributed by atoms with E-state index in [1.807, 2.05) is 0 Å². The van der Waals surface area contributed by atoms with Crippen LogP contribution in [0.15, 0.2) is 41.3 Å². The first-order valence-electron chi connectivity index (χ1n) is 6.08. The third-order valence-corrected chi connectivity index (χ3v) is 4.84. The zero-order valence-corrected chi connectivity index (χ0v) is 14.1. The topological polar surface area (TPSA) is 64.6 Å². The monoisotopic (exact) mass is 361 g/mol. The third kappa shape index (κ3) is 3.40. The number of para-hydroxylation sites is 1. The van der Waals surface area contributed by atoms with Crippen molar-refractivity contribution in [2.45, 2.75) is 4.90 Å². The molecule has 0 atom stereocenters. The van der Waals surface area contributed by atoms with Gasteiger partial charge >= 0.3 is 0 Å². The van der Waals surface area contributed by atoms with Crippen molar-refractivity contribution in [3.63, 3.8) is 0 Å². The van der Waals surface area contributed by atoms with E-state index in [1.165, 1.54) is 32.4 Å². The summed E-state index contributed by atoms with van der Waals surface area (Å²) in [5.41, 5.74) is 0.126. The number of hydrogen-bond donors (Lipinski definition) is 1. The van der Waals surface area contributed by atoms with Crippen LogP contribution in [0.4, 0.5) is 5.69 Å². The maximum atomic E-state index is 12.4. The van der Waals surface area contributed by atoms with Crippen LogP contribution in [0.1, 0.15) is 0 Å². The van der Waals surface area contributed by atoms with E-state index >= 15 is 0 Å². The normalized spacial score (nSPS) is 11.1. The number of sulfonamides is 1. The van der Waals surface area contributed by atoms with Crippen molar-refractivity contribution < 1.29 is 17.9 Å². The largest absolute Gasteiger partial charge is 0.493 e.